The number of nitrogens with zero attached hydrogens (tertiary/aromatic N) is 2. The van der Waals surface area contributed by atoms with Crippen molar-refractivity contribution in [1.82, 2.24) is 9.38 Å². The highest BCUT2D eigenvalue weighted by atomic mass is 32.4. The van der Waals surface area contributed by atoms with Gasteiger partial charge in [0.1, 0.15) is 5.65 Å². The van der Waals surface area contributed by atoms with Gasteiger partial charge in [-0.05, 0) is 124 Å². The molecule has 0 spiro atoms. The van der Waals surface area contributed by atoms with Crippen LogP contribution in [0.1, 0.15) is 0 Å². The third-order valence-corrected chi connectivity index (χ3v) is 18.1. The second-order valence-corrected chi connectivity index (χ2v) is 21.0. The van der Waals surface area contributed by atoms with Crippen molar-refractivity contribution in [2.75, 3.05) is 0 Å². The highest BCUT2D eigenvalue weighted by Gasteiger charge is 2.25. The van der Waals surface area contributed by atoms with Crippen LogP contribution in [0.2, 0.25) is 0 Å². The molecule has 0 saturated carbocycles. The van der Waals surface area contributed by atoms with E-state index in [1.807, 2.05) is 0 Å². The van der Waals surface area contributed by atoms with Crippen LogP contribution in [-0.2, 0) is 11.8 Å². The molecule has 0 saturated heterocycles. The zero-order valence-corrected chi connectivity index (χ0v) is 35.8. The Bertz CT molecular complexity index is 4010. The molecule has 0 bridgehead atoms. The predicted octanol–water partition coefficient (Wildman–Crippen LogP) is 14.5. The van der Waals surface area contributed by atoms with Gasteiger partial charge in [-0.3, -0.25) is 4.40 Å². The lowest BCUT2D eigenvalue weighted by atomic mass is 9.94. The van der Waals surface area contributed by atoms with Crippen molar-refractivity contribution < 1.29 is 0 Å². The number of pyridine rings is 1. The first-order valence-corrected chi connectivity index (χ1v) is 24.3. The van der Waals surface area contributed by atoms with Gasteiger partial charge in [0, 0.05) is 22.2 Å². The molecule has 2 aromatic heterocycles. The number of fused-ring (bicyclic) bond motifs is 14. The molecule has 13 aromatic rings. The van der Waals surface area contributed by atoms with Crippen molar-refractivity contribution in [2.45, 2.75) is 0 Å². The number of aromatic nitrogens is 2. The number of rotatable bonds is 5. The summed E-state index contributed by atoms with van der Waals surface area (Å²) in [4.78, 5) is 5.35. The summed E-state index contributed by atoms with van der Waals surface area (Å²) in [6.45, 7) is 0. The van der Waals surface area contributed by atoms with Crippen molar-refractivity contribution >= 4 is 115 Å². The Kier molecular flexibility index (Phi) is 8.09. The molecule has 11 aromatic carbocycles. The van der Waals surface area contributed by atoms with E-state index in [0.29, 0.717) is 0 Å². The molecule has 0 amide bonds. The average molecular weight is 837 g/mol. The van der Waals surface area contributed by atoms with E-state index in [4.69, 9.17) is 16.8 Å². The number of hydrogen-bond donors (Lipinski definition) is 0. The molecular weight excluding hydrogens is 800 g/mol. The fourth-order valence-corrected chi connectivity index (χ4v) is 13.9. The van der Waals surface area contributed by atoms with Crippen molar-refractivity contribution in [3.63, 3.8) is 0 Å². The van der Waals surface area contributed by atoms with Gasteiger partial charge in [-0.2, -0.15) is 0 Å². The van der Waals surface area contributed by atoms with Gasteiger partial charge in [-0.25, -0.2) is 4.98 Å². The minimum atomic E-state index is -2.27. The van der Waals surface area contributed by atoms with Gasteiger partial charge in [0.15, 0.2) is 0 Å². The van der Waals surface area contributed by atoms with E-state index >= 15 is 0 Å². The third kappa shape index (κ3) is 5.57. The molecule has 2 nitrogen and oxygen atoms in total. The van der Waals surface area contributed by atoms with Crippen LogP contribution in [-0.4, -0.2) is 9.38 Å². The van der Waals surface area contributed by atoms with Crippen molar-refractivity contribution in [1.29, 1.82) is 0 Å². The normalized spacial score (nSPS) is 12.2. The molecule has 0 aliphatic heterocycles. The Morgan fingerprint density at radius 2 is 0.937 bits per heavy atom. The van der Waals surface area contributed by atoms with Crippen molar-refractivity contribution in [3.05, 3.63) is 224 Å². The molecule has 13 rings (SSSR count). The maximum Gasteiger partial charge on any atom is 0.146 e. The Balaban J connectivity index is 0.985. The van der Waals surface area contributed by atoms with Crippen LogP contribution in [0, 0.1) is 0 Å². The first-order chi connectivity index (χ1) is 31.1. The topological polar surface area (TPSA) is 17.3 Å². The van der Waals surface area contributed by atoms with Gasteiger partial charge in [0.25, 0.3) is 0 Å². The highest BCUT2D eigenvalue weighted by molar-refractivity contribution is 8.25. The van der Waals surface area contributed by atoms with E-state index in [1.54, 1.807) is 0 Å². The average Bonchev–Trinajstić information content (AvgIpc) is 3.75. The van der Waals surface area contributed by atoms with E-state index in [1.165, 1.54) is 92.0 Å². The molecule has 0 aliphatic rings. The predicted molar refractivity (Wildman–Crippen MR) is 275 cm³/mol. The van der Waals surface area contributed by atoms with Crippen LogP contribution in [0.3, 0.4) is 0 Å². The molecule has 294 valence electrons. The molecule has 0 fully saturated rings. The first-order valence-electron chi connectivity index (χ1n) is 21.5. The summed E-state index contributed by atoms with van der Waals surface area (Å²) in [5, 5.41) is 17.0. The summed E-state index contributed by atoms with van der Waals surface area (Å²) >= 11 is 6.71. The molecule has 0 radical (unpaired) electrons. The second-order valence-electron chi connectivity index (χ2n) is 16.6. The zero-order valence-electron chi connectivity index (χ0n) is 34.1. The Hall–Kier alpha value is -7.42. The second kappa shape index (κ2) is 14.1. The van der Waals surface area contributed by atoms with E-state index in [2.05, 4.69) is 229 Å². The SMILES string of the molecule is S=P(c1ccccc1)(c1ccccc1)c1ccc2c(ccc3cc(-c4ccc5c(c4)c4c6ccccc6ccc4c4nc6ccc(-c7cccc8ccccc78)cc6n54)ccc32)c1. The van der Waals surface area contributed by atoms with Crippen LogP contribution < -0.4 is 15.9 Å². The lowest BCUT2D eigenvalue weighted by molar-refractivity contribution is 1.32. The number of imidazole rings is 1. The molecule has 2 heterocycles. The monoisotopic (exact) mass is 836 g/mol. The van der Waals surface area contributed by atoms with Gasteiger partial charge in [0.2, 0.25) is 0 Å². The summed E-state index contributed by atoms with van der Waals surface area (Å²) < 4.78 is 2.39. The smallest absolute Gasteiger partial charge is 0.146 e. The zero-order chi connectivity index (χ0) is 41.6. The van der Waals surface area contributed by atoms with Crippen LogP contribution in [0.4, 0.5) is 0 Å². The number of hydrogen-bond acceptors (Lipinski definition) is 2. The van der Waals surface area contributed by atoms with Crippen LogP contribution in [0.25, 0.3) is 104 Å². The Morgan fingerprint density at radius 3 is 1.71 bits per heavy atom. The van der Waals surface area contributed by atoms with Crippen LogP contribution in [0.15, 0.2) is 224 Å². The fourth-order valence-electron chi connectivity index (χ4n) is 10.2. The maximum absolute atomic E-state index is 6.71. The largest absolute Gasteiger partial charge is 0.292 e. The summed E-state index contributed by atoms with van der Waals surface area (Å²) in [6, 6.07) is 79.7. The molecule has 0 N–H and O–H groups in total. The Labute approximate surface area is 369 Å². The summed E-state index contributed by atoms with van der Waals surface area (Å²) in [5.41, 5.74) is 8.98. The molecular formula is C59H37N2PS. The van der Waals surface area contributed by atoms with E-state index in [0.717, 1.165) is 27.6 Å². The van der Waals surface area contributed by atoms with Crippen LogP contribution >= 0.6 is 6.04 Å². The standard InChI is InChI=1S/C59H37N2PS/c63-62(45-15-3-1-4-16-45,46-17-5-2-6-18-46)47-28-31-51-43(35-47)23-22-42-34-40(25-29-50(42)51)41-27-33-56-54(36-41)58-52-20-10-8-13-39(52)24-30-53(58)59-60-55-32-26-44(37-57(55)61(56)59)49-21-11-14-38-12-7-9-19-48(38)49/h1-37H. The Morgan fingerprint density at radius 1 is 0.349 bits per heavy atom. The molecule has 63 heavy (non-hydrogen) atoms. The van der Waals surface area contributed by atoms with E-state index in [9.17, 15) is 0 Å². The van der Waals surface area contributed by atoms with Gasteiger partial charge < -0.3 is 0 Å². The summed E-state index contributed by atoms with van der Waals surface area (Å²) in [5.74, 6) is 0. The summed E-state index contributed by atoms with van der Waals surface area (Å²) in [6.07, 6.45) is 0. The number of benzene rings is 11. The van der Waals surface area contributed by atoms with Crippen LogP contribution in [0.5, 0.6) is 0 Å². The molecule has 0 unspecified atom stereocenters. The minimum absolute atomic E-state index is 0.977. The summed E-state index contributed by atoms with van der Waals surface area (Å²) in [7, 11) is 0. The minimum Gasteiger partial charge on any atom is -0.292 e. The van der Waals surface area contributed by atoms with Gasteiger partial charge >= 0.3 is 0 Å². The maximum atomic E-state index is 6.71. The van der Waals surface area contributed by atoms with Crippen molar-refractivity contribution in [2.24, 2.45) is 0 Å². The van der Waals surface area contributed by atoms with E-state index in [-0.39, 0.29) is 0 Å². The first kappa shape index (κ1) is 36.3. The van der Waals surface area contributed by atoms with Gasteiger partial charge in [-0.15, -0.1) is 0 Å². The highest BCUT2D eigenvalue weighted by Crippen LogP contribution is 2.44. The van der Waals surface area contributed by atoms with E-state index < -0.39 is 6.04 Å². The van der Waals surface area contributed by atoms with Gasteiger partial charge in [-0.1, -0.05) is 194 Å². The molecule has 0 aliphatic carbocycles. The molecule has 4 heteroatoms. The molecule has 0 atom stereocenters. The van der Waals surface area contributed by atoms with Gasteiger partial charge in [0.05, 0.1) is 16.6 Å². The quantitative estimate of drug-likeness (QED) is 0.127. The lowest BCUT2D eigenvalue weighted by Crippen LogP contribution is -2.24. The van der Waals surface area contributed by atoms with Crippen molar-refractivity contribution in [3.8, 4) is 22.3 Å². The third-order valence-electron chi connectivity index (χ3n) is 13.2. The fraction of sp³-hybridized carbons (Fsp3) is 0. The lowest BCUT2D eigenvalue weighted by Gasteiger charge is -2.24.